The molecule has 1 aliphatic heterocycles. The van der Waals surface area contributed by atoms with Crippen LogP contribution >= 0.6 is 0 Å². The van der Waals surface area contributed by atoms with Crippen LogP contribution in [0.1, 0.15) is 25.3 Å². The van der Waals surface area contributed by atoms with Gasteiger partial charge in [0.05, 0.1) is 17.7 Å². The van der Waals surface area contributed by atoms with E-state index in [2.05, 4.69) is 18.7 Å². The van der Waals surface area contributed by atoms with Gasteiger partial charge in [-0.25, -0.2) is 13.3 Å². The summed E-state index contributed by atoms with van der Waals surface area (Å²) in [5, 5.41) is -0.732. The maximum atomic E-state index is 12.2. The van der Waals surface area contributed by atoms with Crippen LogP contribution in [0.2, 0.25) is 0 Å². The van der Waals surface area contributed by atoms with Crippen LogP contribution in [-0.2, 0) is 20.2 Å². The van der Waals surface area contributed by atoms with Crippen LogP contribution in [0.15, 0.2) is 52.9 Å². The molecule has 29 heavy (non-hydrogen) atoms. The molecule has 2 aromatic rings. The first-order valence-corrected chi connectivity index (χ1v) is 11.8. The molecule has 2 aromatic carbocycles. The number of amidine groups is 1. The Bertz CT molecular complexity index is 1180. The molecule has 0 saturated carbocycles. The van der Waals surface area contributed by atoms with Crippen LogP contribution in [-0.4, -0.2) is 34.5 Å². The molecule has 8 nitrogen and oxygen atoms in total. The monoisotopic (exact) mass is 432 g/mol. The van der Waals surface area contributed by atoms with Crippen molar-refractivity contribution in [2.75, 3.05) is 6.54 Å². The lowest BCUT2D eigenvalue weighted by atomic mass is 9.95. The van der Waals surface area contributed by atoms with E-state index in [4.69, 9.17) is 6.57 Å². The minimum absolute atomic E-state index is 0.000823. The second-order valence-electron chi connectivity index (χ2n) is 6.83. The molecule has 0 aromatic heterocycles. The molecule has 0 radical (unpaired) electrons. The number of benzene rings is 2. The Kier molecular flexibility index (Phi) is 5.75. The molecule has 10 heteroatoms. The van der Waals surface area contributed by atoms with Gasteiger partial charge in [0, 0.05) is 6.54 Å². The molecular weight excluding hydrogens is 412 g/mol. The first-order valence-electron chi connectivity index (χ1n) is 8.80. The molecule has 0 bridgehead atoms. The standard InChI is InChI=1S/C19H20N4O4S2/c1-13(2)28(24,25)22-19-18(12-21-29(26,27)23-19)16-6-4-14(5-7-16)15-8-10-17(20-3)11-9-15/h4-11,13,18,21H,12H2,1-2H3,(H,22,23). The van der Waals surface area contributed by atoms with Crippen molar-refractivity contribution in [3.05, 3.63) is 65.5 Å². The van der Waals surface area contributed by atoms with Gasteiger partial charge in [-0.05, 0) is 30.5 Å². The first-order chi connectivity index (χ1) is 13.6. The second-order valence-corrected chi connectivity index (χ2v) is 10.5. The van der Waals surface area contributed by atoms with Gasteiger partial charge in [0.1, 0.15) is 5.84 Å². The van der Waals surface area contributed by atoms with E-state index >= 15 is 0 Å². The molecule has 0 amide bonds. The van der Waals surface area contributed by atoms with E-state index in [9.17, 15) is 16.8 Å². The molecule has 1 aliphatic rings. The summed E-state index contributed by atoms with van der Waals surface area (Å²) in [5.74, 6) is -0.683. The second kappa shape index (κ2) is 7.94. The van der Waals surface area contributed by atoms with E-state index in [0.29, 0.717) is 5.69 Å². The number of hydrogen-bond donors (Lipinski definition) is 2. The third-order valence-corrected chi connectivity index (χ3v) is 7.23. The predicted octanol–water partition coefficient (Wildman–Crippen LogP) is 2.56. The summed E-state index contributed by atoms with van der Waals surface area (Å²) in [5.41, 5.74) is 3.13. The average Bonchev–Trinajstić information content (AvgIpc) is 2.67. The normalized spacial score (nSPS) is 18.7. The Morgan fingerprint density at radius 1 is 1.10 bits per heavy atom. The van der Waals surface area contributed by atoms with Gasteiger partial charge in [-0.1, -0.05) is 48.5 Å². The lowest BCUT2D eigenvalue weighted by Crippen LogP contribution is -2.46. The van der Waals surface area contributed by atoms with Crippen molar-refractivity contribution in [2.24, 2.45) is 4.40 Å². The fourth-order valence-corrected chi connectivity index (χ4v) is 4.42. The third-order valence-electron chi connectivity index (χ3n) is 4.53. The number of nitrogens with one attached hydrogen (secondary N) is 2. The Hall–Kier alpha value is -2.74. The minimum atomic E-state index is -3.94. The Labute approximate surface area is 170 Å². The molecular formula is C19H20N4O4S2. The molecule has 0 aliphatic carbocycles. The van der Waals surface area contributed by atoms with Crippen molar-refractivity contribution in [2.45, 2.75) is 25.0 Å². The smallest absolute Gasteiger partial charge is 0.269 e. The summed E-state index contributed by atoms with van der Waals surface area (Å²) in [6.45, 7) is 10.0. The largest absolute Gasteiger partial charge is 0.321 e. The fraction of sp³-hybridized carbons (Fsp3) is 0.263. The minimum Gasteiger partial charge on any atom is -0.269 e. The maximum absolute atomic E-state index is 12.2. The molecule has 0 fully saturated rings. The van der Waals surface area contributed by atoms with Gasteiger partial charge in [-0.2, -0.15) is 13.1 Å². The highest BCUT2D eigenvalue weighted by atomic mass is 32.2. The van der Waals surface area contributed by atoms with Crippen LogP contribution < -0.4 is 9.44 Å². The van der Waals surface area contributed by atoms with Crippen LogP contribution in [0.4, 0.5) is 5.69 Å². The Morgan fingerprint density at radius 3 is 2.17 bits per heavy atom. The van der Waals surface area contributed by atoms with E-state index in [-0.39, 0.29) is 12.4 Å². The van der Waals surface area contributed by atoms with E-state index < -0.39 is 31.4 Å². The summed E-state index contributed by atoms with van der Waals surface area (Å²) in [6, 6.07) is 14.5. The van der Waals surface area contributed by atoms with Gasteiger partial charge in [0.2, 0.25) is 10.0 Å². The van der Waals surface area contributed by atoms with Crippen molar-refractivity contribution in [1.82, 2.24) is 9.44 Å². The zero-order chi connectivity index (χ0) is 21.2. The topological polar surface area (TPSA) is 109 Å². The molecule has 1 heterocycles. The molecule has 2 N–H and O–H groups in total. The molecule has 1 unspecified atom stereocenters. The zero-order valence-electron chi connectivity index (χ0n) is 15.8. The van der Waals surface area contributed by atoms with Crippen molar-refractivity contribution >= 4 is 31.8 Å². The number of rotatable bonds is 4. The summed E-state index contributed by atoms with van der Waals surface area (Å²) in [6.07, 6.45) is 0. The van der Waals surface area contributed by atoms with Gasteiger partial charge in [0.15, 0.2) is 5.69 Å². The SMILES string of the molecule is [C-]#[N+]c1ccc(-c2ccc(C3CNS(=O)(=O)N=C3NS(=O)(=O)C(C)C)cc2)cc1. The molecule has 1 atom stereocenters. The number of hydrogen-bond acceptors (Lipinski definition) is 4. The lowest BCUT2D eigenvalue weighted by molar-refractivity contribution is 0.573. The van der Waals surface area contributed by atoms with Gasteiger partial charge in [-0.15, -0.1) is 4.40 Å². The maximum Gasteiger partial charge on any atom is 0.321 e. The van der Waals surface area contributed by atoms with Gasteiger partial charge < -0.3 is 0 Å². The Morgan fingerprint density at radius 2 is 1.66 bits per heavy atom. The van der Waals surface area contributed by atoms with Gasteiger partial charge in [0.25, 0.3) is 0 Å². The molecule has 152 valence electrons. The van der Waals surface area contributed by atoms with Crippen LogP contribution in [0, 0.1) is 6.57 Å². The summed E-state index contributed by atoms with van der Waals surface area (Å²) >= 11 is 0. The third kappa shape index (κ3) is 4.82. The van der Waals surface area contributed by atoms with E-state index in [1.165, 1.54) is 13.8 Å². The van der Waals surface area contributed by atoms with Crippen LogP contribution in [0.5, 0.6) is 0 Å². The van der Waals surface area contributed by atoms with Crippen molar-refractivity contribution in [3.63, 3.8) is 0 Å². The Balaban J connectivity index is 1.92. The van der Waals surface area contributed by atoms with Crippen LogP contribution in [0.25, 0.3) is 16.0 Å². The molecule has 3 rings (SSSR count). The summed E-state index contributed by atoms with van der Waals surface area (Å²) in [7, 11) is -7.69. The van der Waals surface area contributed by atoms with Crippen molar-refractivity contribution in [1.29, 1.82) is 0 Å². The number of sulfonamides is 1. The molecule has 0 saturated heterocycles. The highest BCUT2D eigenvalue weighted by Crippen LogP contribution is 2.26. The average molecular weight is 433 g/mol. The predicted molar refractivity (Wildman–Crippen MR) is 112 cm³/mol. The van der Waals surface area contributed by atoms with E-state index in [1.807, 2.05) is 36.4 Å². The van der Waals surface area contributed by atoms with Crippen molar-refractivity contribution < 1.29 is 16.8 Å². The molecule has 0 spiro atoms. The van der Waals surface area contributed by atoms with E-state index in [0.717, 1.165) is 16.7 Å². The summed E-state index contributed by atoms with van der Waals surface area (Å²) in [4.78, 5) is 3.37. The fourth-order valence-electron chi connectivity index (χ4n) is 2.78. The highest BCUT2D eigenvalue weighted by molar-refractivity contribution is 7.91. The lowest BCUT2D eigenvalue weighted by Gasteiger charge is -2.25. The van der Waals surface area contributed by atoms with E-state index in [1.54, 1.807) is 12.1 Å². The van der Waals surface area contributed by atoms with Crippen molar-refractivity contribution in [3.8, 4) is 11.1 Å². The summed E-state index contributed by atoms with van der Waals surface area (Å²) < 4.78 is 56.4. The first kappa shape index (κ1) is 21.0. The quantitative estimate of drug-likeness (QED) is 0.724. The van der Waals surface area contributed by atoms with Gasteiger partial charge >= 0.3 is 10.2 Å². The van der Waals surface area contributed by atoms with Crippen LogP contribution in [0.3, 0.4) is 0 Å². The highest BCUT2D eigenvalue weighted by Gasteiger charge is 2.31. The van der Waals surface area contributed by atoms with Gasteiger partial charge in [-0.3, -0.25) is 4.72 Å². The zero-order valence-corrected chi connectivity index (χ0v) is 17.5. The number of nitrogens with zero attached hydrogens (tertiary/aromatic N) is 2.